The third kappa shape index (κ3) is 3.81. The Hall–Kier alpha value is -2.63. The van der Waals surface area contributed by atoms with Gasteiger partial charge in [0.1, 0.15) is 11.1 Å². The molecule has 0 aliphatic heterocycles. The van der Waals surface area contributed by atoms with Crippen LogP contribution in [0.4, 0.5) is 5.00 Å². The van der Waals surface area contributed by atoms with Crippen LogP contribution in [-0.4, -0.2) is 16.0 Å². The van der Waals surface area contributed by atoms with Gasteiger partial charge in [-0.05, 0) is 43.4 Å². The maximum atomic E-state index is 13.0. The first-order valence-corrected chi connectivity index (χ1v) is 10.8. The zero-order chi connectivity index (χ0) is 19.5. The smallest absolute Gasteiger partial charge is 0.257 e. The quantitative estimate of drug-likeness (QED) is 0.611. The summed E-state index contributed by atoms with van der Waals surface area (Å²) in [5.41, 5.74) is 2.31. The number of aryl methyl sites for hydroxylation is 2. The van der Waals surface area contributed by atoms with Crippen LogP contribution < -0.4 is 5.32 Å². The van der Waals surface area contributed by atoms with Gasteiger partial charge < -0.3 is 9.84 Å². The number of rotatable bonds is 5. The molecule has 0 saturated heterocycles. The number of anilines is 1. The maximum absolute atomic E-state index is 13.0. The number of fused-ring (bicyclic) bond motifs is 1. The highest BCUT2D eigenvalue weighted by molar-refractivity contribution is 7.98. The lowest BCUT2D eigenvalue weighted by Gasteiger charge is -2.09. The van der Waals surface area contributed by atoms with Crippen LogP contribution in [0, 0.1) is 18.3 Å². The molecular weight excluding hydrogens is 392 g/mol. The summed E-state index contributed by atoms with van der Waals surface area (Å²) in [7, 11) is 0. The van der Waals surface area contributed by atoms with Gasteiger partial charge in [0.15, 0.2) is 5.82 Å². The van der Waals surface area contributed by atoms with E-state index in [9.17, 15) is 10.1 Å². The minimum Gasteiger partial charge on any atom is -0.340 e. The second-order valence-corrected chi connectivity index (χ2v) is 8.62. The number of thiophene rings is 1. The number of carbonyl (C=O) groups excluding carboxylic acids is 1. The highest BCUT2D eigenvalue weighted by Crippen LogP contribution is 2.38. The van der Waals surface area contributed by atoms with E-state index in [1.807, 2.05) is 18.2 Å². The molecule has 0 saturated carbocycles. The summed E-state index contributed by atoms with van der Waals surface area (Å²) < 4.78 is 4.99. The minimum absolute atomic E-state index is 0.206. The number of nitrogens with one attached hydrogen (secondary N) is 1. The predicted octanol–water partition coefficient (Wildman–Crippen LogP) is 4.73. The van der Waals surface area contributed by atoms with Gasteiger partial charge in [-0.3, -0.25) is 4.79 Å². The second-order valence-electron chi connectivity index (χ2n) is 6.50. The maximum Gasteiger partial charge on any atom is 0.257 e. The van der Waals surface area contributed by atoms with E-state index in [-0.39, 0.29) is 5.91 Å². The van der Waals surface area contributed by atoms with Crippen molar-refractivity contribution in [3.8, 4) is 6.07 Å². The number of nitriles is 1. The molecule has 142 valence electrons. The van der Waals surface area contributed by atoms with E-state index < -0.39 is 0 Å². The number of nitrogens with zero attached hydrogens (tertiary/aromatic N) is 3. The normalized spacial score (nSPS) is 13.0. The van der Waals surface area contributed by atoms with Gasteiger partial charge in [-0.2, -0.15) is 10.2 Å². The summed E-state index contributed by atoms with van der Waals surface area (Å²) in [5.74, 6) is 1.42. The number of aromatic nitrogens is 2. The topological polar surface area (TPSA) is 91.8 Å². The van der Waals surface area contributed by atoms with Crippen LogP contribution in [0.2, 0.25) is 0 Å². The van der Waals surface area contributed by atoms with Crippen molar-refractivity contribution in [1.29, 1.82) is 5.26 Å². The van der Waals surface area contributed by atoms with E-state index in [4.69, 9.17) is 4.52 Å². The van der Waals surface area contributed by atoms with E-state index in [0.717, 1.165) is 36.1 Å². The summed E-state index contributed by atoms with van der Waals surface area (Å²) in [5, 5.41) is 17.1. The molecule has 1 aliphatic rings. The van der Waals surface area contributed by atoms with Crippen LogP contribution in [0.25, 0.3) is 0 Å². The van der Waals surface area contributed by atoms with Crippen molar-refractivity contribution in [3.05, 3.63) is 57.5 Å². The summed E-state index contributed by atoms with van der Waals surface area (Å²) in [6.45, 7) is 1.75. The molecule has 0 spiro atoms. The summed E-state index contributed by atoms with van der Waals surface area (Å²) >= 11 is 3.02. The van der Waals surface area contributed by atoms with Gasteiger partial charge in [0, 0.05) is 16.7 Å². The molecule has 1 aliphatic carbocycles. The molecule has 2 heterocycles. The van der Waals surface area contributed by atoms with Crippen molar-refractivity contribution in [2.75, 3.05) is 5.32 Å². The molecule has 0 bridgehead atoms. The van der Waals surface area contributed by atoms with Crippen LogP contribution in [0.3, 0.4) is 0 Å². The Kier molecular flexibility index (Phi) is 5.46. The minimum atomic E-state index is -0.206. The van der Waals surface area contributed by atoms with Crippen molar-refractivity contribution in [2.24, 2.45) is 0 Å². The molecule has 6 nitrogen and oxygen atoms in total. The van der Waals surface area contributed by atoms with E-state index >= 15 is 0 Å². The largest absolute Gasteiger partial charge is 0.340 e. The molecular formula is C20H18N4O2S2. The molecule has 0 fully saturated rings. The van der Waals surface area contributed by atoms with E-state index in [1.165, 1.54) is 28.0 Å². The molecule has 0 radical (unpaired) electrons. The molecule has 0 unspecified atom stereocenters. The lowest BCUT2D eigenvalue weighted by molar-refractivity contribution is 0.102. The van der Waals surface area contributed by atoms with Crippen molar-refractivity contribution in [2.45, 2.75) is 43.3 Å². The van der Waals surface area contributed by atoms with Gasteiger partial charge in [0.25, 0.3) is 5.91 Å². The van der Waals surface area contributed by atoms with Crippen molar-refractivity contribution >= 4 is 34.0 Å². The third-order valence-electron chi connectivity index (χ3n) is 4.57. The van der Waals surface area contributed by atoms with Crippen LogP contribution in [0.15, 0.2) is 33.7 Å². The standard InChI is InChI=1S/C20H18N4O2S2/c1-12-22-18(24-26-12)11-27-16-8-4-3-7-14(16)19(25)23-20-15(10-21)13-6-2-5-9-17(13)28-20/h3-4,7-8H,2,5-6,9,11H2,1H3,(H,23,25). The number of thioether (sulfide) groups is 1. The molecule has 1 aromatic carbocycles. The van der Waals surface area contributed by atoms with E-state index in [2.05, 4.69) is 21.5 Å². The highest BCUT2D eigenvalue weighted by atomic mass is 32.2. The molecule has 0 atom stereocenters. The van der Waals surface area contributed by atoms with Crippen LogP contribution in [-0.2, 0) is 18.6 Å². The van der Waals surface area contributed by atoms with E-state index in [1.54, 1.807) is 13.0 Å². The average molecular weight is 411 g/mol. The van der Waals surface area contributed by atoms with E-state index in [0.29, 0.717) is 33.6 Å². The Bertz CT molecular complexity index is 1060. The zero-order valence-corrected chi connectivity index (χ0v) is 17.0. The first-order valence-electron chi connectivity index (χ1n) is 9.02. The molecule has 3 aromatic rings. The second kappa shape index (κ2) is 8.17. The van der Waals surface area contributed by atoms with Gasteiger partial charge in [-0.15, -0.1) is 23.1 Å². The van der Waals surface area contributed by atoms with Gasteiger partial charge in [-0.25, -0.2) is 0 Å². The van der Waals surface area contributed by atoms with Crippen LogP contribution in [0.5, 0.6) is 0 Å². The van der Waals surface area contributed by atoms with Gasteiger partial charge in [-0.1, -0.05) is 17.3 Å². The predicted molar refractivity (Wildman–Crippen MR) is 109 cm³/mol. The fourth-order valence-corrected chi connectivity index (χ4v) is 5.39. The fraction of sp³-hybridized carbons (Fsp3) is 0.300. The Morgan fingerprint density at radius 3 is 2.96 bits per heavy atom. The Labute approximate surface area is 171 Å². The summed E-state index contributed by atoms with van der Waals surface area (Å²) in [6.07, 6.45) is 4.14. The zero-order valence-electron chi connectivity index (χ0n) is 15.3. The van der Waals surface area contributed by atoms with Gasteiger partial charge >= 0.3 is 0 Å². The number of benzene rings is 1. The number of amides is 1. The summed E-state index contributed by atoms with van der Waals surface area (Å²) in [4.78, 5) is 19.2. The Morgan fingerprint density at radius 2 is 2.18 bits per heavy atom. The Balaban J connectivity index is 1.54. The van der Waals surface area contributed by atoms with Crippen LogP contribution >= 0.6 is 23.1 Å². The summed E-state index contributed by atoms with van der Waals surface area (Å²) in [6, 6.07) is 9.71. The first-order chi connectivity index (χ1) is 13.7. The fourth-order valence-electron chi connectivity index (χ4n) is 3.27. The lowest BCUT2D eigenvalue weighted by Crippen LogP contribution is -2.13. The number of hydrogen-bond donors (Lipinski definition) is 1. The van der Waals surface area contributed by atoms with Crippen LogP contribution in [0.1, 0.15) is 50.9 Å². The molecule has 2 aromatic heterocycles. The molecule has 1 amide bonds. The monoisotopic (exact) mass is 410 g/mol. The number of hydrogen-bond acceptors (Lipinski definition) is 7. The highest BCUT2D eigenvalue weighted by Gasteiger charge is 2.23. The SMILES string of the molecule is Cc1nc(CSc2ccccc2C(=O)Nc2sc3c(c2C#N)CCCC3)no1. The average Bonchev–Trinajstić information content (AvgIpc) is 3.28. The lowest BCUT2D eigenvalue weighted by atomic mass is 9.96. The molecule has 8 heteroatoms. The van der Waals surface area contributed by atoms with Gasteiger partial charge in [0.05, 0.1) is 16.9 Å². The van der Waals surface area contributed by atoms with Crippen molar-refractivity contribution in [1.82, 2.24) is 10.1 Å². The van der Waals surface area contributed by atoms with Crippen molar-refractivity contribution in [3.63, 3.8) is 0 Å². The molecule has 1 N–H and O–H groups in total. The molecule has 28 heavy (non-hydrogen) atoms. The third-order valence-corrected chi connectivity index (χ3v) is 6.85. The first kappa shape index (κ1) is 18.7. The number of carbonyl (C=O) groups is 1. The van der Waals surface area contributed by atoms with Gasteiger partial charge in [0.2, 0.25) is 5.89 Å². The Morgan fingerprint density at radius 1 is 1.36 bits per heavy atom. The molecule has 4 rings (SSSR count). The van der Waals surface area contributed by atoms with Crippen molar-refractivity contribution < 1.29 is 9.32 Å².